The minimum atomic E-state index is -0.458. The first-order valence-electron chi connectivity index (χ1n) is 9.14. The average molecular weight is 384 g/mol. The number of amides is 1. The molecule has 0 saturated carbocycles. The lowest BCUT2D eigenvalue weighted by Crippen LogP contribution is -1.97. The van der Waals surface area contributed by atoms with Gasteiger partial charge < -0.3 is 9.67 Å². The van der Waals surface area contributed by atoms with Crippen molar-refractivity contribution in [2.45, 2.75) is 39.2 Å². The van der Waals surface area contributed by atoms with Crippen LogP contribution >= 0.6 is 11.6 Å². The molecule has 0 aliphatic carbocycles. The molecule has 0 aliphatic rings. The van der Waals surface area contributed by atoms with Gasteiger partial charge in [0, 0.05) is 17.5 Å². The molecule has 1 N–H and O–H groups in total. The second-order valence-corrected chi connectivity index (χ2v) is 6.80. The van der Waals surface area contributed by atoms with Gasteiger partial charge in [0.05, 0.1) is 10.5 Å². The van der Waals surface area contributed by atoms with Gasteiger partial charge in [0.25, 0.3) is 5.91 Å². The van der Waals surface area contributed by atoms with Gasteiger partial charge >= 0.3 is 0 Å². The zero-order valence-corrected chi connectivity index (χ0v) is 16.0. The van der Waals surface area contributed by atoms with Crippen molar-refractivity contribution in [3.05, 3.63) is 59.1 Å². The summed E-state index contributed by atoms with van der Waals surface area (Å²) in [5.74, 6) is -0.472. The van der Waals surface area contributed by atoms with Crippen LogP contribution in [0, 0.1) is 0 Å². The minimum absolute atomic E-state index is 0.0146. The topological polar surface area (TPSA) is 66.9 Å². The van der Waals surface area contributed by atoms with Crippen LogP contribution in [0.1, 0.15) is 43.0 Å². The first-order valence-corrected chi connectivity index (χ1v) is 9.52. The zero-order valence-electron chi connectivity index (χ0n) is 15.2. The van der Waals surface area contributed by atoms with Gasteiger partial charge in [0.15, 0.2) is 5.69 Å². The van der Waals surface area contributed by atoms with Gasteiger partial charge in [-0.05, 0) is 24.6 Å². The van der Waals surface area contributed by atoms with Crippen LogP contribution < -0.4 is 0 Å². The molecule has 0 spiro atoms. The Labute approximate surface area is 163 Å². The summed E-state index contributed by atoms with van der Waals surface area (Å²) in [5, 5.41) is 19.8. The number of rotatable bonds is 7. The van der Waals surface area contributed by atoms with Gasteiger partial charge in [-0.3, -0.25) is 4.79 Å². The third kappa shape index (κ3) is 4.19. The SMILES string of the molecule is CCCCCCn1c(O)c(N=NC(=O)c2ccccc2)c2cccc(Cl)c21. The standard InChI is InChI=1S/C21H22ClN3O2/c1-2-3-4-8-14-25-19-16(12-9-13-17(19)22)18(21(25)27)23-24-20(26)15-10-6-5-7-11-15/h5-7,9-13,27H,2-4,8,14H2,1H3. The Morgan fingerprint density at radius 1 is 1.07 bits per heavy atom. The molecule has 0 aliphatic heterocycles. The number of nitrogens with zero attached hydrogens (tertiary/aromatic N) is 3. The van der Waals surface area contributed by atoms with Crippen molar-refractivity contribution >= 4 is 34.1 Å². The van der Waals surface area contributed by atoms with Crippen molar-refractivity contribution in [2.75, 3.05) is 0 Å². The maximum Gasteiger partial charge on any atom is 0.295 e. The highest BCUT2D eigenvalue weighted by atomic mass is 35.5. The van der Waals surface area contributed by atoms with Crippen molar-refractivity contribution in [3.8, 4) is 5.88 Å². The number of azo groups is 1. The fourth-order valence-corrected chi connectivity index (χ4v) is 3.36. The van der Waals surface area contributed by atoms with Crippen molar-refractivity contribution < 1.29 is 9.90 Å². The number of aryl methyl sites for hydroxylation is 1. The Bertz CT molecular complexity index is 964. The molecule has 3 rings (SSSR count). The number of para-hydroxylation sites is 1. The van der Waals surface area contributed by atoms with Crippen LogP contribution in [-0.4, -0.2) is 15.6 Å². The highest BCUT2D eigenvalue weighted by Gasteiger charge is 2.19. The maximum atomic E-state index is 12.2. The third-order valence-electron chi connectivity index (χ3n) is 4.48. The van der Waals surface area contributed by atoms with Crippen LogP contribution in [-0.2, 0) is 6.54 Å². The first kappa shape index (κ1) is 19.1. The highest BCUT2D eigenvalue weighted by molar-refractivity contribution is 6.35. The molecule has 0 bridgehead atoms. The molecule has 140 valence electrons. The molecule has 27 heavy (non-hydrogen) atoms. The summed E-state index contributed by atoms with van der Waals surface area (Å²) in [6.45, 7) is 2.79. The summed E-state index contributed by atoms with van der Waals surface area (Å²) in [4.78, 5) is 12.2. The predicted octanol–water partition coefficient (Wildman–Crippen LogP) is 6.50. The molecule has 0 unspecified atom stereocenters. The molecule has 2 aromatic carbocycles. The normalized spacial score (nSPS) is 11.5. The zero-order chi connectivity index (χ0) is 19.2. The summed E-state index contributed by atoms with van der Waals surface area (Å²) < 4.78 is 1.76. The van der Waals surface area contributed by atoms with E-state index in [0.717, 1.165) is 25.7 Å². The van der Waals surface area contributed by atoms with Crippen LogP contribution in [0.3, 0.4) is 0 Å². The molecule has 0 fully saturated rings. The number of aromatic hydroxyl groups is 1. The lowest BCUT2D eigenvalue weighted by Gasteiger charge is -2.07. The fourth-order valence-electron chi connectivity index (χ4n) is 3.08. The summed E-state index contributed by atoms with van der Waals surface area (Å²) in [5.41, 5.74) is 1.43. The molecule has 0 saturated heterocycles. The minimum Gasteiger partial charge on any atom is -0.493 e. The highest BCUT2D eigenvalue weighted by Crippen LogP contribution is 2.41. The second kappa shape index (κ2) is 8.82. The Kier molecular flexibility index (Phi) is 6.24. The van der Waals surface area contributed by atoms with E-state index < -0.39 is 5.91 Å². The number of benzene rings is 2. The molecule has 5 nitrogen and oxygen atoms in total. The molecule has 3 aromatic rings. The number of unbranched alkanes of at least 4 members (excludes halogenated alkanes) is 3. The van der Waals surface area contributed by atoms with Crippen LogP contribution in [0.25, 0.3) is 10.9 Å². The molecule has 0 atom stereocenters. The van der Waals surface area contributed by atoms with E-state index in [1.807, 2.05) is 12.1 Å². The Morgan fingerprint density at radius 2 is 1.85 bits per heavy atom. The van der Waals surface area contributed by atoms with E-state index in [1.54, 1.807) is 41.0 Å². The van der Waals surface area contributed by atoms with Gasteiger partial charge in [-0.2, -0.15) is 0 Å². The Balaban J connectivity index is 1.95. The number of carbonyl (C=O) groups excluding carboxylic acids is 1. The van der Waals surface area contributed by atoms with E-state index >= 15 is 0 Å². The van der Waals surface area contributed by atoms with Gasteiger partial charge in [0.1, 0.15) is 0 Å². The number of aromatic nitrogens is 1. The smallest absolute Gasteiger partial charge is 0.295 e. The number of hydrogen-bond donors (Lipinski definition) is 1. The van der Waals surface area contributed by atoms with Gasteiger partial charge in [0.2, 0.25) is 5.88 Å². The number of fused-ring (bicyclic) bond motifs is 1. The molecule has 1 aromatic heterocycles. The van der Waals surface area contributed by atoms with Crippen LogP contribution in [0.15, 0.2) is 58.8 Å². The van der Waals surface area contributed by atoms with Gasteiger partial charge in [-0.25, -0.2) is 0 Å². The monoisotopic (exact) mass is 383 g/mol. The first-order chi connectivity index (χ1) is 13.1. The third-order valence-corrected chi connectivity index (χ3v) is 4.78. The molecule has 6 heteroatoms. The molecule has 1 heterocycles. The summed E-state index contributed by atoms with van der Waals surface area (Å²) in [7, 11) is 0. The van der Waals surface area contributed by atoms with E-state index in [1.165, 1.54) is 0 Å². The summed E-state index contributed by atoms with van der Waals surface area (Å²) >= 11 is 6.38. The molecule has 0 radical (unpaired) electrons. The second-order valence-electron chi connectivity index (χ2n) is 6.39. The van der Waals surface area contributed by atoms with Gasteiger partial charge in [-0.1, -0.05) is 68.1 Å². The van der Waals surface area contributed by atoms with E-state index in [4.69, 9.17) is 11.6 Å². The quantitative estimate of drug-likeness (QED) is 0.373. The largest absolute Gasteiger partial charge is 0.493 e. The van der Waals surface area contributed by atoms with Crippen molar-refractivity contribution in [1.82, 2.24) is 4.57 Å². The fraction of sp³-hybridized carbons (Fsp3) is 0.286. The molecule has 1 amide bonds. The van der Waals surface area contributed by atoms with Crippen LogP contribution in [0.2, 0.25) is 5.02 Å². The van der Waals surface area contributed by atoms with Gasteiger partial charge in [-0.15, -0.1) is 10.2 Å². The van der Waals surface area contributed by atoms with E-state index in [2.05, 4.69) is 17.2 Å². The predicted molar refractivity (Wildman–Crippen MR) is 108 cm³/mol. The van der Waals surface area contributed by atoms with E-state index in [9.17, 15) is 9.90 Å². The Hall–Kier alpha value is -2.66. The number of carbonyl (C=O) groups is 1. The molecular weight excluding hydrogens is 362 g/mol. The maximum absolute atomic E-state index is 12.2. The van der Waals surface area contributed by atoms with E-state index in [0.29, 0.717) is 28.0 Å². The summed E-state index contributed by atoms with van der Waals surface area (Å²) in [6.07, 6.45) is 4.28. The van der Waals surface area contributed by atoms with Crippen molar-refractivity contribution in [3.63, 3.8) is 0 Å². The van der Waals surface area contributed by atoms with Crippen LogP contribution in [0.5, 0.6) is 5.88 Å². The van der Waals surface area contributed by atoms with Crippen LogP contribution in [0.4, 0.5) is 5.69 Å². The van der Waals surface area contributed by atoms with Crippen molar-refractivity contribution in [2.24, 2.45) is 10.2 Å². The van der Waals surface area contributed by atoms with Crippen molar-refractivity contribution in [1.29, 1.82) is 0 Å². The molecular formula is C21H22ClN3O2. The summed E-state index contributed by atoms with van der Waals surface area (Å²) in [6, 6.07) is 14.1. The lowest BCUT2D eigenvalue weighted by atomic mass is 10.2. The number of halogens is 1. The lowest BCUT2D eigenvalue weighted by molar-refractivity contribution is 0.0995. The Morgan fingerprint density at radius 3 is 2.59 bits per heavy atom. The average Bonchev–Trinajstić information content (AvgIpc) is 2.96. The number of hydrogen-bond acceptors (Lipinski definition) is 3. The van der Waals surface area contributed by atoms with E-state index in [-0.39, 0.29) is 11.6 Å².